The van der Waals surface area contributed by atoms with Crippen LogP contribution in [0.5, 0.6) is 0 Å². The van der Waals surface area contributed by atoms with E-state index in [1.807, 2.05) is 0 Å². The molecular weight excluding hydrogens is 282 g/mol. The van der Waals surface area contributed by atoms with E-state index >= 15 is 0 Å². The van der Waals surface area contributed by atoms with E-state index in [1.165, 1.54) is 18.7 Å². The van der Waals surface area contributed by atoms with E-state index < -0.39 is 23.2 Å². The van der Waals surface area contributed by atoms with Crippen LogP contribution in [-0.2, 0) is 19.1 Å². The SMILES string of the molecule is CC(=O)OCC1=C(C(=O)O)N2C(=O)[C@H](Cl)[C@@H]2SC1. The van der Waals surface area contributed by atoms with Gasteiger partial charge in [-0.1, -0.05) is 0 Å². The summed E-state index contributed by atoms with van der Waals surface area (Å²) in [5.41, 5.74) is 0.303. The van der Waals surface area contributed by atoms with E-state index in [1.54, 1.807) is 0 Å². The van der Waals surface area contributed by atoms with E-state index in [4.69, 9.17) is 21.4 Å². The maximum absolute atomic E-state index is 11.6. The average Bonchev–Trinajstić information content (AvgIpc) is 2.33. The summed E-state index contributed by atoms with van der Waals surface area (Å²) in [5, 5.41) is 8.13. The van der Waals surface area contributed by atoms with Crippen molar-refractivity contribution in [2.24, 2.45) is 0 Å². The lowest BCUT2D eigenvalue weighted by Gasteiger charge is -2.46. The predicted molar refractivity (Wildman–Crippen MR) is 64.0 cm³/mol. The summed E-state index contributed by atoms with van der Waals surface area (Å²) in [4.78, 5) is 34.7. The molecule has 0 saturated carbocycles. The zero-order valence-corrected chi connectivity index (χ0v) is 11.0. The number of carbonyl (C=O) groups excluding carboxylic acids is 2. The van der Waals surface area contributed by atoms with E-state index in [0.717, 1.165) is 4.90 Å². The van der Waals surface area contributed by atoms with Crippen molar-refractivity contribution in [3.8, 4) is 0 Å². The summed E-state index contributed by atoms with van der Waals surface area (Å²) >= 11 is 7.17. The second-order valence-electron chi connectivity index (χ2n) is 3.85. The number of thioether (sulfide) groups is 1. The van der Waals surface area contributed by atoms with Crippen molar-refractivity contribution in [1.82, 2.24) is 4.90 Å². The monoisotopic (exact) mass is 291 g/mol. The van der Waals surface area contributed by atoms with Gasteiger partial charge in [0.25, 0.3) is 0 Å². The molecule has 0 aromatic heterocycles. The van der Waals surface area contributed by atoms with Crippen LogP contribution in [0.4, 0.5) is 0 Å². The molecular formula is C10H10ClNO5S. The fourth-order valence-electron chi connectivity index (χ4n) is 1.80. The second kappa shape index (κ2) is 4.81. The van der Waals surface area contributed by atoms with Gasteiger partial charge in [-0.2, -0.15) is 0 Å². The zero-order chi connectivity index (χ0) is 13.4. The smallest absolute Gasteiger partial charge is 0.352 e. The van der Waals surface area contributed by atoms with Gasteiger partial charge in [0, 0.05) is 18.2 Å². The number of nitrogens with zero attached hydrogens (tertiary/aromatic N) is 1. The van der Waals surface area contributed by atoms with Gasteiger partial charge in [0.2, 0.25) is 5.91 Å². The predicted octanol–water partition coefficient (Wildman–Crippen LogP) is 0.411. The molecule has 0 aromatic carbocycles. The number of aliphatic carboxylic acids is 1. The molecule has 1 amide bonds. The van der Waals surface area contributed by atoms with Crippen molar-refractivity contribution >= 4 is 41.2 Å². The number of β-lactam (4-membered cyclic amide) rings is 1. The first-order valence-electron chi connectivity index (χ1n) is 5.11. The van der Waals surface area contributed by atoms with Gasteiger partial charge in [-0.15, -0.1) is 23.4 Å². The van der Waals surface area contributed by atoms with Crippen LogP contribution in [0.2, 0.25) is 0 Å². The Balaban J connectivity index is 2.26. The lowest BCUT2D eigenvalue weighted by atomic mass is 10.1. The molecule has 2 aliphatic rings. The van der Waals surface area contributed by atoms with Crippen LogP contribution in [0.3, 0.4) is 0 Å². The summed E-state index contributed by atoms with van der Waals surface area (Å²) in [5.74, 6) is -1.75. The van der Waals surface area contributed by atoms with Gasteiger partial charge < -0.3 is 9.84 Å². The Morgan fingerprint density at radius 1 is 1.61 bits per heavy atom. The average molecular weight is 292 g/mol. The van der Waals surface area contributed by atoms with Crippen LogP contribution >= 0.6 is 23.4 Å². The number of rotatable bonds is 3. The molecule has 98 valence electrons. The van der Waals surface area contributed by atoms with Crippen molar-refractivity contribution in [1.29, 1.82) is 0 Å². The minimum Gasteiger partial charge on any atom is -0.477 e. The summed E-state index contributed by atoms with van der Waals surface area (Å²) in [7, 11) is 0. The summed E-state index contributed by atoms with van der Waals surface area (Å²) in [6.45, 7) is 1.12. The number of halogens is 1. The Hall–Kier alpha value is -1.21. The number of fused-ring (bicyclic) bond motifs is 1. The zero-order valence-electron chi connectivity index (χ0n) is 9.38. The molecule has 1 fully saturated rings. The summed E-state index contributed by atoms with van der Waals surface area (Å²) in [6, 6.07) is 0. The molecule has 8 heteroatoms. The highest BCUT2D eigenvalue weighted by atomic mass is 35.5. The lowest BCUT2D eigenvalue weighted by Crippen LogP contribution is -2.62. The van der Waals surface area contributed by atoms with Gasteiger partial charge in [-0.3, -0.25) is 14.5 Å². The number of hydrogen-bond donors (Lipinski definition) is 1. The Morgan fingerprint density at radius 2 is 2.28 bits per heavy atom. The van der Waals surface area contributed by atoms with E-state index in [9.17, 15) is 14.4 Å². The highest BCUT2D eigenvalue weighted by Crippen LogP contribution is 2.42. The third kappa shape index (κ3) is 2.08. The maximum Gasteiger partial charge on any atom is 0.352 e. The van der Waals surface area contributed by atoms with Gasteiger partial charge in [0.15, 0.2) is 0 Å². The van der Waals surface area contributed by atoms with Crippen molar-refractivity contribution < 1.29 is 24.2 Å². The molecule has 2 atom stereocenters. The molecule has 2 aliphatic heterocycles. The Labute approximate surface area is 112 Å². The number of amides is 1. The molecule has 0 radical (unpaired) electrons. The van der Waals surface area contributed by atoms with Crippen LogP contribution in [0.25, 0.3) is 0 Å². The van der Waals surface area contributed by atoms with Gasteiger partial charge in [-0.25, -0.2) is 4.79 Å². The van der Waals surface area contributed by atoms with E-state index in [0.29, 0.717) is 11.3 Å². The third-order valence-electron chi connectivity index (χ3n) is 2.63. The number of carboxylic acid groups (broad SMARTS) is 1. The molecule has 0 unspecified atom stereocenters. The second-order valence-corrected chi connectivity index (χ2v) is 5.42. The topological polar surface area (TPSA) is 83.9 Å². The molecule has 1 saturated heterocycles. The molecule has 1 N–H and O–H groups in total. The number of ether oxygens (including phenoxy) is 1. The normalized spacial score (nSPS) is 26.6. The largest absolute Gasteiger partial charge is 0.477 e. The first-order valence-corrected chi connectivity index (χ1v) is 6.59. The van der Waals surface area contributed by atoms with E-state index in [2.05, 4.69) is 0 Å². The number of carbonyl (C=O) groups is 3. The third-order valence-corrected chi connectivity index (χ3v) is 4.55. The summed E-state index contributed by atoms with van der Waals surface area (Å²) in [6.07, 6.45) is 0. The van der Waals surface area contributed by atoms with Crippen LogP contribution in [0, 0.1) is 0 Å². The minimum atomic E-state index is -1.21. The van der Waals surface area contributed by atoms with Gasteiger partial charge in [0.05, 0.1) is 0 Å². The highest BCUT2D eigenvalue weighted by Gasteiger charge is 2.52. The van der Waals surface area contributed by atoms with E-state index in [-0.39, 0.29) is 17.7 Å². The van der Waals surface area contributed by atoms with Gasteiger partial charge in [0.1, 0.15) is 23.1 Å². The molecule has 2 heterocycles. The van der Waals surface area contributed by atoms with Crippen LogP contribution in [-0.4, -0.2) is 51.0 Å². The Kier molecular flexibility index (Phi) is 3.54. The molecule has 2 rings (SSSR count). The van der Waals surface area contributed by atoms with Crippen LogP contribution in [0.1, 0.15) is 6.92 Å². The maximum atomic E-state index is 11.6. The highest BCUT2D eigenvalue weighted by molar-refractivity contribution is 8.00. The standard InChI is InChI=1S/C10H10ClNO5S/c1-4(13)17-2-5-3-18-9-6(11)8(14)12(9)7(5)10(15)16/h6,9H,2-3H2,1H3,(H,15,16)/t6-,9-/m0/s1. The first-order chi connectivity index (χ1) is 8.43. The number of esters is 1. The lowest BCUT2D eigenvalue weighted by molar-refractivity contribution is -0.146. The summed E-state index contributed by atoms with van der Waals surface area (Å²) < 4.78 is 4.79. The van der Waals surface area contributed by atoms with Crippen LogP contribution in [0.15, 0.2) is 11.3 Å². The fourth-order valence-corrected chi connectivity index (χ4v) is 3.47. The molecule has 0 bridgehead atoms. The first kappa shape index (κ1) is 13.2. The molecule has 0 aromatic rings. The van der Waals surface area contributed by atoms with Crippen molar-refractivity contribution in [3.63, 3.8) is 0 Å². The number of hydrogen-bond acceptors (Lipinski definition) is 5. The Morgan fingerprint density at radius 3 is 2.83 bits per heavy atom. The number of alkyl halides is 1. The van der Waals surface area contributed by atoms with Crippen molar-refractivity contribution in [3.05, 3.63) is 11.3 Å². The number of carboxylic acids is 1. The fraction of sp³-hybridized carbons (Fsp3) is 0.500. The minimum absolute atomic E-state index is 0.109. The quantitative estimate of drug-likeness (QED) is 0.461. The van der Waals surface area contributed by atoms with Crippen molar-refractivity contribution in [2.75, 3.05) is 12.4 Å². The van der Waals surface area contributed by atoms with Crippen molar-refractivity contribution in [2.45, 2.75) is 17.7 Å². The molecule has 0 spiro atoms. The molecule has 18 heavy (non-hydrogen) atoms. The van der Waals surface area contributed by atoms with Gasteiger partial charge in [-0.05, 0) is 0 Å². The van der Waals surface area contributed by atoms with Gasteiger partial charge >= 0.3 is 11.9 Å². The molecule has 0 aliphatic carbocycles. The Bertz CT molecular complexity index is 463. The van der Waals surface area contributed by atoms with Crippen LogP contribution < -0.4 is 0 Å². The molecule has 6 nitrogen and oxygen atoms in total.